The summed E-state index contributed by atoms with van der Waals surface area (Å²) in [6.07, 6.45) is 0. The summed E-state index contributed by atoms with van der Waals surface area (Å²) in [5.74, 6) is -1.24. The van der Waals surface area contributed by atoms with Gasteiger partial charge in [0.1, 0.15) is 0 Å². The Kier molecular flexibility index (Phi) is 2.54. The summed E-state index contributed by atoms with van der Waals surface area (Å²) in [7, 11) is 0. The fourth-order valence-corrected chi connectivity index (χ4v) is 1.97. The lowest BCUT2D eigenvalue weighted by Gasteiger charge is -2.46. The first kappa shape index (κ1) is 10.6. The molecule has 0 saturated carbocycles. The Bertz CT molecular complexity index is 337. The van der Waals surface area contributed by atoms with E-state index in [0.717, 1.165) is 12.1 Å². The molecular weight excluding hydrogens is 190 g/mol. The van der Waals surface area contributed by atoms with E-state index in [4.69, 9.17) is 4.74 Å². The summed E-state index contributed by atoms with van der Waals surface area (Å²) in [4.78, 5) is 0. The first-order valence-corrected chi connectivity index (χ1v) is 5.23. The number of benzene rings is 1. The van der Waals surface area contributed by atoms with Crippen LogP contribution in [0.2, 0.25) is 0 Å². The number of hydrogen-bond donors (Lipinski definition) is 2. The molecule has 1 aromatic rings. The van der Waals surface area contributed by atoms with E-state index in [0.29, 0.717) is 6.61 Å². The van der Waals surface area contributed by atoms with Crippen molar-refractivity contribution in [2.45, 2.75) is 25.2 Å². The van der Waals surface area contributed by atoms with E-state index in [9.17, 15) is 5.11 Å². The second kappa shape index (κ2) is 3.59. The van der Waals surface area contributed by atoms with Crippen molar-refractivity contribution in [1.29, 1.82) is 0 Å². The smallest absolute Gasteiger partial charge is 0.210 e. The van der Waals surface area contributed by atoms with E-state index in [-0.39, 0.29) is 0 Å². The van der Waals surface area contributed by atoms with E-state index in [2.05, 4.69) is 5.32 Å². The Labute approximate surface area is 90.1 Å². The summed E-state index contributed by atoms with van der Waals surface area (Å²) in [5.41, 5.74) is 0.314. The number of aliphatic hydroxyl groups is 1. The first-order valence-electron chi connectivity index (χ1n) is 5.23. The van der Waals surface area contributed by atoms with Crippen LogP contribution in [-0.4, -0.2) is 23.8 Å². The highest BCUT2D eigenvalue weighted by molar-refractivity contribution is 5.24. The van der Waals surface area contributed by atoms with Gasteiger partial charge in [-0.1, -0.05) is 30.3 Å². The van der Waals surface area contributed by atoms with Crippen molar-refractivity contribution in [2.75, 3.05) is 13.2 Å². The molecule has 3 nitrogen and oxygen atoms in total. The SMILES string of the molecule is CC1(C)NCCOC1(O)c1ccccc1. The lowest BCUT2D eigenvalue weighted by Crippen LogP contribution is -2.63. The van der Waals surface area contributed by atoms with E-state index < -0.39 is 11.3 Å². The topological polar surface area (TPSA) is 41.5 Å². The van der Waals surface area contributed by atoms with Crippen molar-refractivity contribution >= 4 is 0 Å². The van der Waals surface area contributed by atoms with Crippen LogP contribution in [0.1, 0.15) is 19.4 Å². The van der Waals surface area contributed by atoms with Crippen LogP contribution in [0.25, 0.3) is 0 Å². The van der Waals surface area contributed by atoms with Crippen molar-refractivity contribution in [3.8, 4) is 0 Å². The van der Waals surface area contributed by atoms with Gasteiger partial charge in [-0.3, -0.25) is 0 Å². The summed E-state index contributed by atoms with van der Waals surface area (Å²) in [5, 5.41) is 13.9. The Morgan fingerprint density at radius 3 is 2.53 bits per heavy atom. The minimum Gasteiger partial charge on any atom is -0.360 e. The Balaban J connectivity index is 2.40. The number of ether oxygens (including phenoxy) is 1. The predicted molar refractivity (Wildman–Crippen MR) is 58.4 cm³/mol. The largest absolute Gasteiger partial charge is 0.360 e. The molecule has 1 aliphatic heterocycles. The van der Waals surface area contributed by atoms with Gasteiger partial charge in [0, 0.05) is 12.1 Å². The molecular formula is C12H17NO2. The van der Waals surface area contributed by atoms with Gasteiger partial charge in [-0.25, -0.2) is 0 Å². The Morgan fingerprint density at radius 2 is 1.93 bits per heavy atom. The fourth-order valence-electron chi connectivity index (χ4n) is 1.97. The molecule has 15 heavy (non-hydrogen) atoms. The molecule has 0 bridgehead atoms. The van der Waals surface area contributed by atoms with Crippen LogP contribution in [-0.2, 0) is 10.5 Å². The molecule has 0 aromatic heterocycles. The van der Waals surface area contributed by atoms with E-state index in [1.54, 1.807) is 0 Å². The van der Waals surface area contributed by atoms with Crippen molar-refractivity contribution < 1.29 is 9.84 Å². The maximum atomic E-state index is 10.6. The second-order valence-electron chi connectivity index (χ2n) is 4.41. The summed E-state index contributed by atoms with van der Waals surface area (Å²) >= 11 is 0. The van der Waals surface area contributed by atoms with Crippen LogP contribution < -0.4 is 5.32 Å². The predicted octanol–water partition coefficient (Wildman–Crippen LogP) is 1.23. The third kappa shape index (κ3) is 1.67. The van der Waals surface area contributed by atoms with Crippen LogP contribution >= 0.6 is 0 Å². The average molecular weight is 207 g/mol. The van der Waals surface area contributed by atoms with Crippen molar-refractivity contribution in [1.82, 2.24) is 5.32 Å². The third-order valence-electron chi connectivity index (χ3n) is 2.99. The van der Waals surface area contributed by atoms with Crippen molar-refractivity contribution in [3.63, 3.8) is 0 Å². The number of rotatable bonds is 1. The quantitative estimate of drug-likeness (QED) is 0.727. The molecule has 1 aliphatic rings. The highest BCUT2D eigenvalue weighted by atomic mass is 16.6. The van der Waals surface area contributed by atoms with E-state index in [1.165, 1.54) is 0 Å². The van der Waals surface area contributed by atoms with Crippen LogP contribution in [0.3, 0.4) is 0 Å². The zero-order valence-corrected chi connectivity index (χ0v) is 9.16. The van der Waals surface area contributed by atoms with Gasteiger partial charge in [0.05, 0.1) is 12.1 Å². The molecule has 1 aromatic carbocycles. The maximum Gasteiger partial charge on any atom is 0.210 e. The van der Waals surface area contributed by atoms with E-state index in [1.807, 2.05) is 44.2 Å². The summed E-state index contributed by atoms with van der Waals surface area (Å²) < 4.78 is 5.56. The van der Waals surface area contributed by atoms with Crippen LogP contribution in [0.4, 0.5) is 0 Å². The molecule has 1 fully saturated rings. The van der Waals surface area contributed by atoms with Crippen molar-refractivity contribution in [2.24, 2.45) is 0 Å². The molecule has 1 atom stereocenters. The zero-order valence-electron chi connectivity index (χ0n) is 9.16. The zero-order chi connectivity index (χ0) is 10.9. The van der Waals surface area contributed by atoms with Crippen molar-refractivity contribution in [3.05, 3.63) is 35.9 Å². The van der Waals surface area contributed by atoms with Gasteiger partial charge in [0.25, 0.3) is 0 Å². The molecule has 3 heteroatoms. The molecule has 1 saturated heterocycles. The lowest BCUT2D eigenvalue weighted by molar-refractivity contribution is -0.273. The molecule has 82 valence electrons. The van der Waals surface area contributed by atoms with E-state index >= 15 is 0 Å². The van der Waals surface area contributed by atoms with Crippen LogP contribution in [0, 0.1) is 0 Å². The highest BCUT2D eigenvalue weighted by Crippen LogP contribution is 2.35. The molecule has 2 rings (SSSR count). The molecule has 1 heterocycles. The molecule has 2 N–H and O–H groups in total. The van der Waals surface area contributed by atoms with Gasteiger partial charge in [-0.05, 0) is 13.8 Å². The van der Waals surface area contributed by atoms with Gasteiger partial charge in [0.15, 0.2) is 0 Å². The lowest BCUT2D eigenvalue weighted by atomic mass is 9.86. The molecule has 0 radical (unpaired) electrons. The Morgan fingerprint density at radius 1 is 1.27 bits per heavy atom. The van der Waals surface area contributed by atoms with Gasteiger partial charge in [-0.15, -0.1) is 0 Å². The van der Waals surface area contributed by atoms with Gasteiger partial charge in [-0.2, -0.15) is 0 Å². The highest BCUT2D eigenvalue weighted by Gasteiger charge is 2.48. The fraction of sp³-hybridized carbons (Fsp3) is 0.500. The van der Waals surface area contributed by atoms with Gasteiger partial charge in [0.2, 0.25) is 5.79 Å². The van der Waals surface area contributed by atoms with Gasteiger partial charge < -0.3 is 15.2 Å². The summed E-state index contributed by atoms with van der Waals surface area (Å²) in [6, 6.07) is 9.50. The third-order valence-corrected chi connectivity index (χ3v) is 2.99. The second-order valence-corrected chi connectivity index (χ2v) is 4.41. The number of hydrogen-bond acceptors (Lipinski definition) is 3. The summed E-state index contributed by atoms with van der Waals surface area (Å²) in [6.45, 7) is 5.18. The Hall–Kier alpha value is -0.900. The molecule has 0 aliphatic carbocycles. The average Bonchev–Trinajstić information content (AvgIpc) is 2.24. The molecule has 0 spiro atoms. The van der Waals surface area contributed by atoms with Crippen LogP contribution in [0.15, 0.2) is 30.3 Å². The minimum atomic E-state index is -1.24. The monoisotopic (exact) mass is 207 g/mol. The van der Waals surface area contributed by atoms with Gasteiger partial charge >= 0.3 is 0 Å². The number of nitrogens with one attached hydrogen (secondary N) is 1. The first-order chi connectivity index (χ1) is 7.06. The minimum absolute atomic E-state index is 0.480. The standard InChI is InChI=1S/C12H17NO2/c1-11(2)12(14,15-9-8-13-11)10-6-4-3-5-7-10/h3-7,13-14H,8-9H2,1-2H3. The maximum absolute atomic E-state index is 10.6. The normalized spacial score (nSPS) is 30.1. The molecule has 1 unspecified atom stereocenters. The van der Waals surface area contributed by atoms with Crippen LogP contribution in [0.5, 0.6) is 0 Å². The number of morpholine rings is 1. The molecule has 0 amide bonds.